The number of carboxylic acid groups (broad SMARTS) is 1. The van der Waals surface area contributed by atoms with Crippen LogP contribution in [0.3, 0.4) is 0 Å². The molecule has 0 aliphatic rings. The standard InChI is InChI=1S/C7H12O2/c1-3-4-6(2)5-7(8)9/h3,6H,1,4-5H2,2H3,(H,8,9). The Morgan fingerprint density at radius 3 is 2.78 bits per heavy atom. The summed E-state index contributed by atoms with van der Waals surface area (Å²) in [6.07, 6.45) is 2.77. The van der Waals surface area contributed by atoms with Crippen molar-refractivity contribution in [2.75, 3.05) is 0 Å². The SMILES string of the molecule is C=CCC(C)CC(=O)O. The summed E-state index contributed by atoms with van der Waals surface area (Å²) in [4.78, 5) is 10.1. The molecule has 0 fully saturated rings. The molecule has 2 heteroatoms. The predicted octanol–water partition coefficient (Wildman–Crippen LogP) is 1.67. The van der Waals surface area contributed by atoms with Gasteiger partial charge in [0.2, 0.25) is 0 Å². The summed E-state index contributed by atoms with van der Waals surface area (Å²) in [7, 11) is 0. The summed E-state index contributed by atoms with van der Waals surface area (Å²) in [6, 6.07) is 0. The molecule has 0 saturated heterocycles. The first kappa shape index (κ1) is 8.21. The Bertz CT molecular complexity index is 107. The van der Waals surface area contributed by atoms with Gasteiger partial charge < -0.3 is 5.11 Å². The maximum absolute atomic E-state index is 10.1. The molecule has 0 aliphatic heterocycles. The number of hydrogen-bond acceptors (Lipinski definition) is 1. The third-order valence-corrected chi connectivity index (χ3v) is 1.09. The Balaban J connectivity index is 3.37. The van der Waals surface area contributed by atoms with Gasteiger partial charge in [-0.3, -0.25) is 4.79 Å². The minimum Gasteiger partial charge on any atom is -0.481 e. The van der Waals surface area contributed by atoms with Gasteiger partial charge in [-0.25, -0.2) is 0 Å². The molecule has 0 aromatic heterocycles. The normalized spacial score (nSPS) is 12.6. The van der Waals surface area contributed by atoms with Crippen molar-refractivity contribution in [1.82, 2.24) is 0 Å². The Hall–Kier alpha value is -0.790. The lowest BCUT2D eigenvalue weighted by Crippen LogP contribution is -2.02. The molecular formula is C7H12O2. The van der Waals surface area contributed by atoms with E-state index in [-0.39, 0.29) is 12.3 Å². The molecule has 0 rings (SSSR count). The quantitative estimate of drug-likeness (QED) is 0.585. The molecule has 0 heterocycles. The van der Waals surface area contributed by atoms with Crippen LogP contribution in [0.4, 0.5) is 0 Å². The maximum Gasteiger partial charge on any atom is 0.303 e. The Labute approximate surface area is 55.2 Å². The molecule has 0 aliphatic carbocycles. The second kappa shape index (κ2) is 4.13. The van der Waals surface area contributed by atoms with Gasteiger partial charge in [-0.15, -0.1) is 6.58 Å². The highest BCUT2D eigenvalue weighted by Gasteiger charge is 2.03. The van der Waals surface area contributed by atoms with E-state index in [9.17, 15) is 4.79 Å². The molecule has 0 saturated carbocycles. The molecular weight excluding hydrogens is 116 g/mol. The molecule has 0 aromatic rings. The molecule has 1 atom stereocenters. The minimum absolute atomic E-state index is 0.222. The van der Waals surface area contributed by atoms with Gasteiger partial charge >= 0.3 is 5.97 Å². The van der Waals surface area contributed by atoms with Crippen molar-refractivity contribution in [2.45, 2.75) is 19.8 Å². The number of carbonyl (C=O) groups is 1. The number of rotatable bonds is 4. The lowest BCUT2D eigenvalue weighted by Gasteiger charge is -2.01. The lowest BCUT2D eigenvalue weighted by atomic mass is 10.0. The van der Waals surface area contributed by atoms with Gasteiger partial charge in [-0.2, -0.15) is 0 Å². The van der Waals surface area contributed by atoms with E-state index >= 15 is 0 Å². The lowest BCUT2D eigenvalue weighted by molar-refractivity contribution is -0.137. The number of hydrogen-bond donors (Lipinski definition) is 1. The van der Waals surface area contributed by atoms with Crippen molar-refractivity contribution in [1.29, 1.82) is 0 Å². The van der Waals surface area contributed by atoms with E-state index in [4.69, 9.17) is 5.11 Å². The van der Waals surface area contributed by atoms with Gasteiger partial charge in [0.15, 0.2) is 0 Å². The maximum atomic E-state index is 10.1. The minimum atomic E-state index is -0.732. The van der Waals surface area contributed by atoms with Gasteiger partial charge in [0, 0.05) is 6.42 Å². The zero-order valence-corrected chi connectivity index (χ0v) is 5.63. The summed E-state index contributed by atoms with van der Waals surface area (Å²) in [5, 5.41) is 8.28. The summed E-state index contributed by atoms with van der Waals surface area (Å²) >= 11 is 0. The first-order chi connectivity index (χ1) is 4.16. The molecule has 1 N–H and O–H groups in total. The van der Waals surface area contributed by atoms with Crippen molar-refractivity contribution in [2.24, 2.45) is 5.92 Å². The van der Waals surface area contributed by atoms with Crippen LogP contribution in [-0.2, 0) is 4.79 Å². The van der Waals surface area contributed by atoms with Crippen molar-refractivity contribution >= 4 is 5.97 Å². The van der Waals surface area contributed by atoms with E-state index in [1.54, 1.807) is 6.08 Å². The third kappa shape index (κ3) is 5.07. The molecule has 0 radical (unpaired) electrons. The zero-order chi connectivity index (χ0) is 7.28. The molecule has 0 aromatic carbocycles. The van der Waals surface area contributed by atoms with Gasteiger partial charge in [-0.05, 0) is 12.3 Å². The number of carboxylic acids is 1. The van der Waals surface area contributed by atoms with Crippen molar-refractivity contribution in [3.05, 3.63) is 12.7 Å². The van der Waals surface area contributed by atoms with Gasteiger partial charge in [0.25, 0.3) is 0 Å². The van der Waals surface area contributed by atoms with E-state index in [0.29, 0.717) is 0 Å². The molecule has 0 bridgehead atoms. The fourth-order valence-electron chi connectivity index (χ4n) is 0.666. The highest BCUT2D eigenvalue weighted by atomic mass is 16.4. The highest BCUT2D eigenvalue weighted by molar-refractivity contribution is 5.66. The molecule has 9 heavy (non-hydrogen) atoms. The predicted molar refractivity (Wildman–Crippen MR) is 36.2 cm³/mol. The first-order valence-electron chi connectivity index (χ1n) is 2.99. The van der Waals surface area contributed by atoms with Crippen LogP contribution in [0, 0.1) is 5.92 Å². The number of aliphatic carboxylic acids is 1. The Kier molecular flexibility index (Phi) is 3.76. The van der Waals surface area contributed by atoms with Gasteiger partial charge in [-0.1, -0.05) is 13.0 Å². The highest BCUT2D eigenvalue weighted by Crippen LogP contribution is 2.06. The van der Waals surface area contributed by atoms with Crippen molar-refractivity contribution in [3.63, 3.8) is 0 Å². The third-order valence-electron chi connectivity index (χ3n) is 1.09. The molecule has 52 valence electrons. The van der Waals surface area contributed by atoms with E-state index in [1.165, 1.54) is 0 Å². The zero-order valence-electron chi connectivity index (χ0n) is 5.63. The first-order valence-corrected chi connectivity index (χ1v) is 2.99. The van der Waals surface area contributed by atoms with Crippen molar-refractivity contribution in [3.8, 4) is 0 Å². The van der Waals surface area contributed by atoms with Crippen LogP contribution in [0.2, 0.25) is 0 Å². The van der Waals surface area contributed by atoms with Gasteiger partial charge in [0.05, 0.1) is 0 Å². The van der Waals surface area contributed by atoms with Crippen LogP contribution in [0.5, 0.6) is 0 Å². The average Bonchev–Trinajstić information content (AvgIpc) is 1.63. The second-order valence-corrected chi connectivity index (χ2v) is 2.23. The fraction of sp³-hybridized carbons (Fsp3) is 0.571. The monoisotopic (exact) mass is 128 g/mol. The van der Waals surface area contributed by atoms with Crippen LogP contribution in [0.1, 0.15) is 19.8 Å². The van der Waals surface area contributed by atoms with E-state index in [2.05, 4.69) is 6.58 Å². The number of allylic oxidation sites excluding steroid dienone is 1. The molecule has 0 amide bonds. The average molecular weight is 128 g/mol. The van der Waals surface area contributed by atoms with E-state index < -0.39 is 5.97 Å². The smallest absolute Gasteiger partial charge is 0.303 e. The largest absolute Gasteiger partial charge is 0.481 e. The summed E-state index contributed by atoms with van der Waals surface area (Å²) in [6.45, 7) is 5.41. The van der Waals surface area contributed by atoms with Crippen LogP contribution < -0.4 is 0 Å². The summed E-state index contributed by atoms with van der Waals surface area (Å²) in [5.74, 6) is -0.510. The fourth-order valence-corrected chi connectivity index (χ4v) is 0.666. The summed E-state index contributed by atoms with van der Waals surface area (Å²) in [5.41, 5.74) is 0. The Morgan fingerprint density at radius 1 is 1.89 bits per heavy atom. The van der Waals surface area contributed by atoms with Crippen LogP contribution in [0.25, 0.3) is 0 Å². The van der Waals surface area contributed by atoms with E-state index in [0.717, 1.165) is 6.42 Å². The Morgan fingerprint density at radius 2 is 2.44 bits per heavy atom. The molecule has 0 spiro atoms. The topological polar surface area (TPSA) is 37.3 Å². The van der Waals surface area contributed by atoms with Gasteiger partial charge in [0.1, 0.15) is 0 Å². The van der Waals surface area contributed by atoms with Crippen LogP contribution in [0.15, 0.2) is 12.7 Å². The van der Waals surface area contributed by atoms with Crippen LogP contribution >= 0.6 is 0 Å². The van der Waals surface area contributed by atoms with Crippen molar-refractivity contribution < 1.29 is 9.90 Å². The molecule has 1 unspecified atom stereocenters. The molecule has 2 nitrogen and oxygen atoms in total. The second-order valence-electron chi connectivity index (χ2n) is 2.23. The summed E-state index contributed by atoms with van der Waals surface area (Å²) < 4.78 is 0. The van der Waals surface area contributed by atoms with Crippen LogP contribution in [-0.4, -0.2) is 11.1 Å². The van der Waals surface area contributed by atoms with E-state index in [1.807, 2.05) is 6.92 Å².